The van der Waals surface area contributed by atoms with Gasteiger partial charge < -0.3 is 15.0 Å². The first-order valence-electron chi connectivity index (χ1n) is 7.64. The molecule has 0 saturated carbocycles. The van der Waals surface area contributed by atoms with Gasteiger partial charge in [0, 0.05) is 0 Å². The summed E-state index contributed by atoms with van der Waals surface area (Å²) in [5.41, 5.74) is 1.84. The number of ether oxygens (including phenoxy) is 1. The lowest BCUT2D eigenvalue weighted by Crippen LogP contribution is -2.32. The number of hydrogen-bond acceptors (Lipinski definition) is 4. The molecule has 120 valence electrons. The van der Waals surface area contributed by atoms with Crippen LogP contribution in [0.4, 0.5) is 0 Å². The van der Waals surface area contributed by atoms with E-state index in [4.69, 9.17) is 4.74 Å². The van der Waals surface area contributed by atoms with Gasteiger partial charge in [-0.05, 0) is 25.2 Å². The number of nitrogens with one attached hydrogen (secondary N) is 2. The molecule has 0 bridgehead atoms. The molecule has 0 radical (unpaired) electrons. The zero-order valence-corrected chi connectivity index (χ0v) is 14.3. The van der Waals surface area contributed by atoms with Gasteiger partial charge in [0.05, 0.1) is 29.8 Å². The molecule has 2 N–H and O–H groups in total. The van der Waals surface area contributed by atoms with E-state index in [9.17, 15) is 4.79 Å². The predicted molar refractivity (Wildman–Crippen MR) is 87.8 cm³/mol. The fraction of sp³-hybridized carbons (Fsp3) is 0.733. The maximum Gasteiger partial charge on any atom is 0.294 e. The van der Waals surface area contributed by atoms with Gasteiger partial charge in [0.2, 0.25) is 5.91 Å². The summed E-state index contributed by atoms with van der Waals surface area (Å²) in [6.07, 6.45) is 2.50. The van der Waals surface area contributed by atoms with E-state index in [2.05, 4.69) is 41.8 Å². The molecule has 0 saturated heterocycles. The highest BCUT2D eigenvalue weighted by atomic mass is 32.1. The minimum Gasteiger partial charge on any atom is -0.465 e. The van der Waals surface area contributed by atoms with E-state index >= 15 is 0 Å². The second-order valence-corrected chi connectivity index (χ2v) is 6.16. The summed E-state index contributed by atoms with van der Waals surface area (Å²) in [6.45, 7) is 9.31. The average molecular weight is 313 g/mol. The summed E-state index contributed by atoms with van der Waals surface area (Å²) >= 11 is 4.35. The van der Waals surface area contributed by atoms with Crippen molar-refractivity contribution in [3.05, 3.63) is 11.4 Å². The van der Waals surface area contributed by atoms with Crippen LogP contribution in [0.2, 0.25) is 0 Å². The lowest BCUT2D eigenvalue weighted by atomic mass is 10.1. The summed E-state index contributed by atoms with van der Waals surface area (Å²) < 4.78 is 5.49. The Balaban J connectivity index is 2.57. The first-order valence-corrected chi connectivity index (χ1v) is 8.15. The second kappa shape index (κ2) is 8.97. The SMILES string of the molecule is CCCOc1nc(CC)c(CNC(=O)[C@@H](S)CC(C)C)[nH]1. The molecule has 1 aromatic heterocycles. The van der Waals surface area contributed by atoms with Gasteiger partial charge in [-0.3, -0.25) is 4.79 Å². The highest BCUT2D eigenvalue weighted by molar-refractivity contribution is 7.81. The fourth-order valence-electron chi connectivity index (χ4n) is 1.97. The summed E-state index contributed by atoms with van der Waals surface area (Å²) in [7, 11) is 0. The van der Waals surface area contributed by atoms with Crippen molar-refractivity contribution < 1.29 is 9.53 Å². The lowest BCUT2D eigenvalue weighted by Gasteiger charge is -2.13. The van der Waals surface area contributed by atoms with Crippen LogP contribution in [0.3, 0.4) is 0 Å². The molecule has 0 spiro atoms. The molecule has 0 aromatic carbocycles. The number of imidazole rings is 1. The van der Waals surface area contributed by atoms with Crippen LogP contribution in [0, 0.1) is 5.92 Å². The van der Waals surface area contributed by atoms with Crippen LogP contribution in [0.1, 0.15) is 51.9 Å². The van der Waals surface area contributed by atoms with Crippen molar-refractivity contribution in [3.8, 4) is 6.01 Å². The number of nitrogens with zero attached hydrogens (tertiary/aromatic N) is 1. The standard InChI is InChI=1S/C15H27N3O2S/c1-5-7-20-15-17-11(6-2)12(18-15)9-16-14(19)13(21)8-10(3)4/h10,13,21H,5-9H2,1-4H3,(H,16,19)(H,17,18)/t13-/m0/s1. The molecule has 1 amide bonds. The fourth-order valence-corrected chi connectivity index (χ4v) is 2.48. The van der Waals surface area contributed by atoms with E-state index in [-0.39, 0.29) is 11.2 Å². The Kier molecular flexibility index (Phi) is 7.64. The van der Waals surface area contributed by atoms with Crippen LogP contribution >= 0.6 is 12.6 Å². The first-order chi connectivity index (χ1) is 9.97. The molecule has 1 rings (SSSR count). The third kappa shape index (κ3) is 5.99. The van der Waals surface area contributed by atoms with Gasteiger partial charge in [-0.25, -0.2) is 4.98 Å². The van der Waals surface area contributed by atoms with Crippen LogP contribution in [-0.4, -0.2) is 27.7 Å². The van der Waals surface area contributed by atoms with Gasteiger partial charge in [0.25, 0.3) is 6.01 Å². The maximum absolute atomic E-state index is 12.0. The Morgan fingerprint density at radius 3 is 2.71 bits per heavy atom. The quantitative estimate of drug-likeness (QED) is 0.614. The topological polar surface area (TPSA) is 67.0 Å². The van der Waals surface area contributed by atoms with Crippen molar-refractivity contribution in [1.82, 2.24) is 15.3 Å². The average Bonchev–Trinajstić information content (AvgIpc) is 2.84. The molecule has 0 fully saturated rings. The second-order valence-electron chi connectivity index (χ2n) is 5.53. The number of aromatic amines is 1. The Morgan fingerprint density at radius 1 is 1.43 bits per heavy atom. The number of hydrogen-bond donors (Lipinski definition) is 3. The van der Waals surface area contributed by atoms with E-state index < -0.39 is 0 Å². The number of H-pyrrole nitrogens is 1. The number of carbonyl (C=O) groups is 1. The highest BCUT2D eigenvalue weighted by Crippen LogP contribution is 2.14. The Morgan fingerprint density at radius 2 is 2.14 bits per heavy atom. The zero-order chi connectivity index (χ0) is 15.8. The summed E-state index contributed by atoms with van der Waals surface area (Å²) in [6, 6.07) is 0.530. The van der Waals surface area contributed by atoms with Gasteiger partial charge in [-0.1, -0.05) is 27.7 Å². The van der Waals surface area contributed by atoms with Crippen molar-refractivity contribution in [2.24, 2.45) is 5.92 Å². The summed E-state index contributed by atoms with van der Waals surface area (Å²) in [5.74, 6) is 0.408. The van der Waals surface area contributed by atoms with Crippen LogP contribution < -0.4 is 10.1 Å². The largest absolute Gasteiger partial charge is 0.465 e. The number of carbonyl (C=O) groups excluding carboxylic acids is 1. The molecule has 1 aromatic rings. The first kappa shape index (κ1) is 17.9. The number of amides is 1. The lowest BCUT2D eigenvalue weighted by molar-refractivity contribution is -0.121. The van der Waals surface area contributed by atoms with Crippen LogP contribution in [0.25, 0.3) is 0 Å². The van der Waals surface area contributed by atoms with Crippen LogP contribution in [0.5, 0.6) is 6.01 Å². The molecular weight excluding hydrogens is 286 g/mol. The zero-order valence-electron chi connectivity index (χ0n) is 13.4. The molecule has 1 atom stereocenters. The number of aryl methyl sites for hydroxylation is 1. The van der Waals surface area contributed by atoms with E-state index in [1.54, 1.807) is 0 Å². The molecule has 0 aliphatic carbocycles. The molecule has 5 nitrogen and oxygen atoms in total. The van der Waals surface area contributed by atoms with E-state index in [0.717, 1.165) is 30.7 Å². The number of aromatic nitrogens is 2. The Hall–Kier alpha value is -1.17. The van der Waals surface area contributed by atoms with Gasteiger partial charge in [-0.15, -0.1) is 0 Å². The molecule has 6 heteroatoms. The van der Waals surface area contributed by atoms with Crippen molar-refractivity contribution >= 4 is 18.5 Å². The van der Waals surface area contributed by atoms with E-state index in [0.29, 0.717) is 25.1 Å². The molecular formula is C15H27N3O2S. The van der Waals surface area contributed by atoms with Crippen molar-refractivity contribution in [2.75, 3.05) is 6.61 Å². The number of thiol groups is 1. The Labute approximate surface area is 132 Å². The van der Waals surface area contributed by atoms with Crippen molar-refractivity contribution in [2.45, 2.75) is 58.8 Å². The van der Waals surface area contributed by atoms with Crippen molar-refractivity contribution in [3.63, 3.8) is 0 Å². The highest BCUT2D eigenvalue weighted by Gasteiger charge is 2.16. The smallest absolute Gasteiger partial charge is 0.294 e. The third-order valence-corrected chi connectivity index (χ3v) is 3.50. The monoisotopic (exact) mass is 313 g/mol. The van der Waals surface area contributed by atoms with Gasteiger partial charge in [0.1, 0.15) is 0 Å². The van der Waals surface area contributed by atoms with Gasteiger partial charge >= 0.3 is 0 Å². The third-order valence-electron chi connectivity index (χ3n) is 3.06. The molecule has 21 heavy (non-hydrogen) atoms. The van der Waals surface area contributed by atoms with Crippen LogP contribution in [0.15, 0.2) is 0 Å². The Bertz CT molecular complexity index is 446. The predicted octanol–water partition coefficient (Wildman–Crippen LogP) is 2.72. The molecule has 0 aliphatic rings. The molecule has 0 aliphatic heterocycles. The number of rotatable bonds is 9. The maximum atomic E-state index is 12.0. The minimum absolute atomic E-state index is 0.0419. The van der Waals surface area contributed by atoms with E-state index in [1.165, 1.54) is 0 Å². The van der Waals surface area contributed by atoms with Crippen LogP contribution in [-0.2, 0) is 17.8 Å². The van der Waals surface area contributed by atoms with E-state index in [1.807, 2.05) is 13.8 Å². The summed E-state index contributed by atoms with van der Waals surface area (Å²) in [4.78, 5) is 19.5. The van der Waals surface area contributed by atoms with Gasteiger partial charge in [0.15, 0.2) is 0 Å². The van der Waals surface area contributed by atoms with Crippen molar-refractivity contribution in [1.29, 1.82) is 0 Å². The minimum atomic E-state index is -0.270. The van der Waals surface area contributed by atoms with Gasteiger partial charge in [-0.2, -0.15) is 12.6 Å². The summed E-state index contributed by atoms with van der Waals surface area (Å²) in [5, 5.41) is 2.64. The molecule has 1 heterocycles. The normalized spacial score (nSPS) is 12.5. The molecule has 0 unspecified atom stereocenters.